The molecule has 0 aliphatic heterocycles. The first kappa shape index (κ1) is 24.2. The number of esters is 1. The van der Waals surface area contributed by atoms with Crippen LogP contribution in [0, 0.1) is 28.6 Å². The van der Waals surface area contributed by atoms with Crippen LogP contribution in [0.4, 0.5) is 0 Å². The summed E-state index contributed by atoms with van der Waals surface area (Å²) in [4.78, 5) is 12.9. The Hall–Kier alpha value is -0.950. The van der Waals surface area contributed by atoms with E-state index in [4.69, 9.17) is 4.74 Å². The van der Waals surface area contributed by atoms with Gasteiger partial charge in [0.2, 0.25) is 0 Å². The SMILES string of the molecule is C/C=C(\C)C(=O)O[C@@H]1C[C@@H]2[C@@H](CC[C@@H]3C[C@@H](O)CC[C@@]32C)[C@@]2(O)CC[C@@](O)([C@@H](C)O)[C@@]12C. The number of fused-ring (bicyclic) bond motifs is 5. The maximum absolute atomic E-state index is 12.9. The summed E-state index contributed by atoms with van der Waals surface area (Å²) in [7, 11) is 0. The van der Waals surface area contributed by atoms with Gasteiger partial charge in [-0.3, -0.25) is 0 Å². The highest BCUT2D eigenvalue weighted by Gasteiger charge is 2.76. The summed E-state index contributed by atoms with van der Waals surface area (Å²) in [5, 5.41) is 45.1. The van der Waals surface area contributed by atoms with Gasteiger partial charge in [-0.25, -0.2) is 4.79 Å². The lowest BCUT2D eigenvalue weighted by atomic mass is 9.42. The minimum atomic E-state index is -1.54. The van der Waals surface area contributed by atoms with Crippen molar-refractivity contribution < 1.29 is 30.0 Å². The molecule has 182 valence electrons. The second-order valence-corrected chi connectivity index (χ2v) is 11.7. The number of aliphatic hydroxyl groups excluding tert-OH is 2. The molecule has 0 amide bonds. The van der Waals surface area contributed by atoms with E-state index in [0.717, 1.165) is 32.1 Å². The van der Waals surface area contributed by atoms with Gasteiger partial charge in [0.15, 0.2) is 0 Å². The minimum Gasteiger partial charge on any atom is -0.458 e. The number of ether oxygens (including phenoxy) is 1. The molecule has 4 saturated carbocycles. The average Bonchev–Trinajstić information content (AvgIpc) is 2.97. The Bertz CT molecular complexity index is 793. The van der Waals surface area contributed by atoms with Gasteiger partial charge in [0, 0.05) is 5.57 Å². The Morgan fingerprint density at radius 1 is 1.06 bits per heavy atom. The van der Waals surface area contributed by atoms with Crippen molar-refractivity contribution in [2.75, 3.05) is 0 Å². The Labute approximate surface area is 192 Å². The third-order valence-electron chi connectivity index (χ3n) is 10.8. The molecule has 0 spiro atoms. The van der Waals surface area contributed by atoms with Crippen molar-refractivity contribution >= 4 is 5.97 Å². The third-order valence-corrected chi connectivity index (χ3v) is 10.8. The maximum atomic E-state index is 12.9. The number of hydrogen-bond acceptors (Lipinski definition) is 6. The van der Waals surface area contributed by atoms with Crippen LogP contribution in [0.15, 0.2) is 11.6 Å². The lowest BCUT2D eigenvalue weighted by Gasteiger charge is -2.66. The molecule has 4 aliphatic rings. The fraction of sp³-hybridized carbons (Fsp3) is 0.885. The summed E-state index contributed by atoms with van der Waals surface area (Å²) in [5.74, 6) is 0.0449. The fourth-order valence-electron chi connectivity index (χ4n) is 8.40. The molecule has 0 bridgehead atoms. The van der Waals surface area contributed by atoms with Gasteiger partial charge >= 0.3 is 5.97 Å². The molecule has 0 heterocycles. The largest absolute Gasteiger partial charge is 0.458 e. The monoisotopic (exact) mass is 450 g/mol. The zero-order valence-electron chi connectivity index (χ0n) is 20.3. The Morgan fingerprint density at radius 2 is 1.75 bits per heavy atom. The summed E-state index contributed by atoms with van der Waals surface area (Å²) in [6.07, 6.45) is 5.10. The zero-order chi connectivity index (χ0) is 23.7. The van der Waals surface area contributed by atoms with E-state index in [-0.39, 0.29) is 29.8 Å². The molecule has 32 heavy (non-hydrogen) atoms. The van der Waals surface area contributed by atoms with Gasteiger partial charge in [0.05, 0.1) is 23.2 Å². The molecule has 0 saturated heterocycles. The number of carbonyl (C=O) groups excluding carboxylic acids is 1. The topological polar surface area (TPSA) is 107 Å². The molecular weight excluding hydrogens is 408 g/mol. The summed E-state index contributed by atoms with van der Waals surface area (Å²) in [5.41, 5.74) is -3.50. The number of carbonyl (C=O) groups is 1. The molecule has 0 radical (unpaired) electrons. The summed E-state index contributed by atoms with van der Waals surface area (Å²) < 4.78 is 6.08. The van der Waals surface area contributed by atoms with Crippen molar-refractivity contribution in [3.63, 3.8) is 0 Å². The molecule has 6 nitrogen and oxygen atoms in total. The van der Waals surface area contributed by atoms with Crippen LogP contribution in [0.25, 0.3) is 0 Å². The smallest absolute Gasteiger partial charge is 0.333 e. The maximum Gasteiger partial charge on any atom is 0.333 e. The van der Waals surface area contributed by atoms with Gasteiger partial charge in [0.25, 0.3) is 0 Å². The molecule has 4 fully saturated rings. The zero-order valence-corrected chi connectivity index (χ0v) is 20.3. The second kappa shape index (κ2) is 7.79. The van der Waals surface area contributed by atoms with Crippen LogP contribution in [0.3, 0.4) is 0 Å². The van der Waals surface area contributed by atoms with Crippen LogP contribution in [-0.4, -0.2) is 55.9 Å². The molecule has 0 aromatic heterocycles. The highest BCUT2D eigenvalue weighted by atomic mass is 16.5. The second-order valence-electron chi connectivity index (χ2n) is 11.7. The normalized spacial score (nSPS) is 51.9. The van der Waals surface area contributed by atoms with E-state index in [0.29, 0.717) is 24.3 Å². The van der Waals surface area contributed by atoms with Crippen molar-refractivity contribution in [3.05, 3.63) is 11.6 Å². The number of aliphatic hydroxyl groups is 4. The Balaban J connectivity index is 1.80. The van der Waals surface area contributed by atoms with Gasteiger partial charge < -0.3 is 25.2 Å². The average molecular weight is 451 g/mol. The first-order chi connectivity index (χ1) is 14.8. The quantitative estimate of drug-likeness (QED) is 0.389. The van der Waals surface area contributed by atoms with Crippen LogP contribution in [0.5, 0.6) is 0 Å². The third kappa shape index (κ3) is 3.02. The lowest BCUT2D eigenvalue weighted by Crippen LogP contribution is -2.72. The van der Waals surface area contributed by atoms with E-state index >= 15 is 0 Å². The molecule has 0 aromatic carbocycles. The predicted molar refractivity (Wildman–Crippen MR) is 121 cm³/mol. The molecule has 6 heteroatoms. The van der Waals surface area contributed by atoms with E-state index in [1.807, 2.05) is 6.92 Å². The van der Waals surface area contributed by atoms with Crippen LogP contribution in [0.2, 0.25) is 0 Å². The highest BCUT2D eigenvalue weighted by molar-refractivity contribution is 5.87. The van der Waals surface area contributed by atoms with Crippen molar-refractivity contribution in [1.29, 1.82) is 0 Å². The number of allylic oxidation sites excluding steroid dienone is 1. The van der Waals surface area contributed by atoms with E-state index in [9.17, 15) is 25.2 Å². The predicted octanol–water partition coefficient (Wildman–Crippen LogP) is 3.10. The van der Waals surface area contributed by atoms with E-state index in [2.05, 4.69) is 6.92 Å². The molecule has 4 N–H and O–H groups in total. The van der Waals surface area contributed by atoms with Crippen molar-refractivity contribution in [1.82, 2.24) is 0 Å². The highest BCUT2D eigenvalue weighted by Crippen LogP contribution is 2.70. The molecule has 0 aromatic rings. The summed E-state index contributed by atoms with van der Waals surface area (Å²) >= 11 is 0. The van der Waals surface area contributed by atoms with Gasteiger partial charge in [-0.1, -0.05) is 19.9 Å². The minimum absolute atomic E-state index is 0.0328. The first-order valence-corrected chi connectivity index (χ1v) is 12.5. The van der Waals surface area contributed by atoms with Gasteiger partial charge in [-0.2, -0.15) is 0 Å². The van der Waals surface area contributed by atoms with Gasteiger partial charge in [0.1, 0.15) is 11.7 Å². The van der Waals surface area contributed by atoms with E-state index in [1.165, 1.54) is 0 Å². The molecular formula is C26H42O6. The fourth-order valence-corrected chi connectivity index (χ4v) is 8.40. The van der Waals surface area contributed by atoms with Gasteiger partial charge in [-0.05, 0) is 95.3 Å². The van der Waals surface area contributed by atoms with Crippen molar-refractivity contribution in [3.8, 4) is 0 Å². The lowest BCUT2D eigenvalue weighted by molar-refractivity contribution is -0.288. The Kier molecular flexibility index (Phi) is 5.89. The molecule has 10 atom stereocenters. The van der Waals surface area contributed by atoms with Crippen LogP contribution >= 0.6 is 0 Å². The van der Waals surface area contributed by atoms with Crippen LogP contribution < -0.4 is 0 Å². The van der Waals surface area contributed by atoms with Crippen LogP contribution in [-0.2, 0) is 9.53 Å². The van der Waals surface area contributed by atoms with Crippen LogP contribution in [0.1, 0.15) is 86.0 Å². The van der Waals surface area contributed by atoms with Crippen molar-refractivity contribution in [2.24, 2.45) is 28.6 Å². The molecule has 4 rings (SSSR count). The Morgan fingerprint density at radius 3 is 2.38 bits per heavy atom. The van der Waals surface area contributed by atoms with E-state index in [1.54, 1.807) is 26.8 Å². The number of rotatable bonds is 3. The standard InChI is InChI=1S/C26H42O6/c1-6-15(2)22(29)32-21-14-20-19(8-7-17-13-18(28)9-10-23(17,20)4)26(31)12-11-25(30,16(3)27)24(21,26)5/h6,16-21,27-28,30-31H,7-14H2,1-5H3/b15-6+/t16-,17-,18+,19-,20-,21-,23+,24-,25-,26+/m1/s1. The molecule has 0 unspecified atom stereocenters. The summed E-state index contributed by atoms with van der Waals surface area (Å²) in [6.45, 7) is 9.18. The number of hydrogen-bond donors (Lipinski definition) is 4. The first-order valence-electron chi connectivity index (χ1n) is 12.5. The van der Waals surface area contributed by atoms with Crippen molar-refractivity contribution in [2.45, 2.75) is 115 Å². The molecule has 4 aliphatic carbocycles. The van der Waals surface area contributed by atoms with E-state index < -0.39 is 34.8 Å². The van der Waals surface area contributed by atoms with Gasteiger partial charge in [-0.15, -0.1) is 0 Å². The summed E-state index contributed by atoms with van der Waals surface area (Å²) in [6, 6.07) is 0.